The first kappa shape index (κ1) is 11.1. The maximum atomic E-state index is 4.51. The Kier molecular flexibility index (Phi) is 3.57. The highest BCUT2D eigenvalue weighted by molar-refractivity contribution is 5.74. The summed E-state index contributed by atoms with van der Waals surface area (Å²) in [5.74, 6) is 1.77. The van der Waals surface area contributed by atoms with Crippen LogP contribution in [0.2, 0.25) is 0 Å². The summed E-state index contributed by atoms with van der Waals surface area (Å²) in [5.41, 5.74) is 2.16. The number of fused-ring (bicyclic) bond motifs is 1. The fourth-order valence-electron chi connectivity index (χ4n) is 1.69. The van der Waals surface area contributed by atoms with Crippen LogP contribution in [0.3, 0.4) is 0 Å². The Bertz CT molecular complexity index is 412. The van der Waals surface area contributed by atoms with Crippen LogP contribution in [0.1, 0.15) is 26.1 Å². The minimum atomic E-state index is 0.753. The van der Waals surface area contributed by atoms with Gasteiger partial charge < -0.3 is 10.3 Å². The first-order valence-electron chi connectivity index (χ1n) is 5.90. The Morgan fingerprint density at radius 1 is 1.31 bits per heavy atom. The Hall–Kier alpha value is -1.35. The summed E-state index contributed by atoms with van der Waals surface area (Å²) >= 11 is 0. The highest BCUT2D eigenvalue weighted by atomic mass is 15.0. The Morgan fingerprint density at radius 2 is 2.12 bits per heavy atom. The Balaban J connectivity index is 1.89. The Morgan fingerprint density at radius 3 is 2.88 bits per heavy atom. The summed E-state index contributed by atoms with van der Waals surface area (Å²) in [6, 6.07) is 8.12. The lowest BCUT2D eigenvalue weighted by molar-refractivity contribution is 0.533. The van der Waals surface area contributed by atoms with Gasteiger partial charge in [0.25, 0.3) is 0 Å². The number of hydrogen-bond acceptors (Lipinski definition) is 2. The quantitative estimate of drug-likeness (QED) is 0.756. The molecular formula is C13H19N3. The lowest BCUT2D eigenvalue weighted by atomic mass is 10.1. The van der Waals surface area contributed by atoms with Crippen molar-refractivity contribution in [2.24, 2.45) is 5.92 Å². The SMILES string of the molecule is CC(C)CCNCc1nc2ccccc2[nH]1. The third kappa shape index (κ3) is 2.83. The zero-order valence-electron chi connectivity index (χ0n) is 9.96. The fraction of sp³-hybridized carbons (Fsp3) is 0.462. The van der Waals surface area contributed by atoms with Crippen molar-refractivity contribution in [1.82, 2.24) is 15.3 Å². The molecule has 2 aromatic rings. The van der Waals surface area contributed by atoms with Gasteiger partial charge in [-0.3, -0.25) is 0 Å². The van der Waals surface area contributed by atoms with Gasteiger partial charge in [-0.05, 0) is 31.0 Å². The molecule has 3 heteroatoms. The Labute approximate surface area is 96.3 Å². The second kappa shape index (κ2) is 5.12. The molecule has 2 N–H and O–H groups in total. The van der Waals surface area contributed by atoms with E-state index in [9.17, 15) is 0 Å². The molecule has 0 atom stereocenters. The van der Waals surface area contributed by atoms with E-state index in [1.165, 1.54) is 6.42 Å². The molecule has 0 aliphatic heterocycles. The van der Waals surface area contributed by atoms with Crippen LogP contribution in [0.4, 0.5) is 0 Å². The molecule has 0 amide bonds. The zero-order chi connectivity index (χ0) is 11.4. The molecule has 1 aromatic heterocycles. The van der Waals surface area contributed by atoms with Crippen molar-refractivity contribution < 1.29 is 0 Å². The third-order valence-electron chi connectivity index (χ3n) is 2.63. The van der Waals surface area contributed by atoms with Gasteiger partial charge in [-0.1, -0.05) is 26.0 Å². The van der Waals surface area contributed by atoms with Gasteiger partial charge in [0.15, 0.2) is 0 Å². The van der Waals surface area contributed by atoms with Crippen LogP contribution in [0.25, 0.3) is 11.0 Å². The highest BCUT2D eigenvalue weighted by Gasteiger charge is 2.01. The van der Waals surface area contributed by atoms with E-state index < -0.39 is 0 Å². The van der Waals surface area contributed by atoms with Crippen molar-refractivity contribution in [2.75, 3.05) is 6.54 Å². The molecule has 86 valence electrons. The predicted octanol–water partition coefficient (Wildman–Crippen LogP) is 2.70. The van der Waals surface area contributed by atoms with Crippen LogP contribution in [-0.2, 0) is 6.54 Å². The molecule has 16 heavy (non-hydrogen) atoms. The largest absolute Gasteiger partial charge is 0.341 e. The van der Waals surface area contributed by atoms with E-state index in [1.54, 1.807) is 0 Å². The summed E-state index contributed by atoms with van der Waals surface area (Å²) in [7, 11) is 0. The molecule has 0 radical (unpaired) electrons. The van der Waals surface area contributed by atoms with Crippen molar-refractivity contribution in [3.63, 3.8) is 0 Å². The number of imidazole rings is 1. The van der Waals surface area contributed by atoms with Crippen molar-refractivity contribution in [2.45, 2.75) is 26.8 Å². The summed E-state index contributed by atoms with van der Waals surface area (Å²) in [4.78, 5) is 7.82. The second-order valence-corrected chi connectivity index (χ2v) is 4.56. The maximum Gasteiger partial charge on any atom is 0.121 e. The number of nitrogens with zero attached hydrogens (tertiary/aromatic N) is 1. The number of para-hydroxylation sites is 2. The molecule has 0 fully saturated rings. The van der Waals surface area contributed by atoms with Gasteiger partial charge in [0.1, 0.15) is 5.82 Å². The number of hydrogen-bond donors (Lipinski definition) is 2. The van der Waals surface area contributed by atoms with Crippen molar-refractivity contribution in [3.8, 4) is 0 Å². The van der Waals surface area contributed by atoms with Gasteiger partial charge in [-0.15, -0.1) is 0 Å². The van der Waals surface area contributed by atoms with Crippen molar-refractivity contribution in [3.05, 3.63) is 30.1 Å². The zero-order valence-corrected chi connectivity index (χ0v) is 9.96. The highest BCUT2D eigenvalue weighted by Crippen LogP contribution is 2.09. The number of aromatic amines is 1. The molecule has 0 saturated carbocycles. The van der Waals surface area contributed by atoms with Gasteiger partial charge in [0, 0.05) is 0 Å². The first-order chi connectivity index (χ1) is 7.75. The minimum absolute atomic E-state index is 0.753. The second-order valence-electron chi connectivity index (χ2n) is 4.56. The number of aromatic nitrogens is 2. The summed E-state index contributed by atoms with van der Waals surface area (Å²) < 4.78 is 0. The molecule has 2 rings (SSSR count). The van der Waals surface area contributed by atoms with Crippen LogP contribution in [0.15, 0.2) is 24.3 Å². The van der Waals surface area contributed by atoms with E-state index in [2.05, 4.69) is 35.2 Å². The van der Waals surface area contributed by atoms with Gasteiger partial charge in [0.05, 0.1) is 17.6 Å². The number of benzene rings is 1. The molecule has 0 aliphatic rings. The molecule has 1 heterocycles. The van der Waals surface area contributed by atoms with Gasteiger partial charge >= 0.3 is 0 Å². The lowest BCUT2D eigenvalue weighted by Crippen LogP contribution is -2.17. The molecule has 0 spiro atoms. The smallest absolute Gasteiger partial charge is 0.121 e. The van der Waals surface area contributed by atoms with Crippen LogP contribution in [0.5, 0.6) is 0 Å². The molecule has 0 unspecified atom stereocenters. The fourth-order valence-corrected chi connectivity index (χ4v) is 1.69. The average Bonchev–Trinajstić information content (AvgIpc) is 2.66. The molecule has 0 aliphatic carbocycles. The van der Waals surface area contributed by atoms with Crippen LogP contribution < -0.4 is 5.32 Å². The van der Waals surface area contributed by atoms with E-state index in [4.69, 9.17) is 0 Å². The van der Waals surface area contributed by atoms with Gasteiger partial charge in [0.2, 0.25) is 0 Å². The van der Waals surface area contributed by atoms with E-state index in [1.807, 2.05) is 18.2 Å². The van der Waals surface area contributed by atoms with Crippen LogP contribution in [-0.4, -0.2) is 16.5 Å². The maximum absolute atomic E-state index is 4.51. The number of H-pyrrole nitrogens is 1. The van der Waals surface area contributed by atoms with Gasteiger partial charge in [-0.25, -0.2) is 4.98 Å². The lowest BCUT2D eigenvalue weighted by Gasteiger charge is -2.04. The molecule has 1 aromatic carbocycles. The first-order valence-corrected chi connectivity index (χ1v) is 5.90. The minimum Gasteiger partial charge on any atom is -0.341 e. The number of rotatable bonds is 5. The van der Waals surface area contributed by atoms with Crippen LogP contribution in [0, 0.1) is 5.92 Å². The van der Waals surface area contributed by atoms with Crippen LogP contribution >= 0.6 is 0 Å². The normalized spacial score (nSPS) is 11.4. The summed E-state index contributed by atoms with van der Waals surface area (Å²) in [5, 5.41) is 3.40. The average molecular weight is 217 g/mol. The van der Waals surface area contributed by atoms with Crippen molar-refractivity contribution >= 4 is 11.0 Å². The molecule has 3 nitrogen and oxygen atoms in total. The monoisotopic (exact) mass is 217 g/mol. The van der Waals surface area contributed by atoms with Gasteiger partial charge in [-0.2, -0.15) is 0 Å². The van der Waals surface area contributed by atoms with E-state index in [0.717, 1.165) is 35.9 Å². The van der Waals surface area contributed by atoms with Crippen molar-refractivity contribution in [1.29, 1.82) is 0 Å². The molecule has 0 saturated heterocycles. The van der Waals surface area contributed by atoms with E-state index in [-0.39, 0.29) is 0 Å². The van der Waals surface area contributed by atoms with E-state index in [0.29, 0.717) is 0 Å². The third-order valence-corrected chi connectivity index (χ3v) is 2.63. The topological polar surface area (TPSA) is 40.7 Å². The number of nitrogens with one attached hydrogen (secondary N) is 2. The summed E-state index contributed by atoms with van der Waals surface area (Å²) in [6.07, 6.45) is 1.21. The van der Waals surface area contributed by atoms with E-state index >= 15 is 0 Å². The molecular weight excluding hydrogens is 198 g/mol. The predicted molar refractivity (Wildman–Crippen MR) is 67.3 cm³/mol. The molecule has 0 bridgehead atoms. The summed E-state index contributed by atoms with van der Waals surface area (Å²) in [6.45, 7) is 6.35. The standard InChI is InChI=1S/C13H19N3/c1-10(2)7-8-14-9-13-15-11-5-3-4-6-12(11)16-13/h3-6,10,14H,7-9H2,1-2H3,(H,15,16).